The lowest BCUT2D eigenvalue weighted by atomic mass is 9.98. The van der Waals surface area contributed by atoms with Gasteiger partial charge >= 0.3 is 0 Å². The number of anilines is 1. The molecular weight excluding hydrogens is 182 g/mol. The Morgan fingerprint density at radius 2 is 2.00 bits per heavy atom. The van der Waals surface area contributed by atoms with Gasteiger partial charge in [-0.25, -0.2) is 0 Å². The van der Waals surface area contributed by atoms with Crippen molar-refractivity contribution < 1.29 is 0 Å². The van der Waals surface area contributed by atoms with Crippen LogP contribution in [0.15, 0.2) is 48.6 Å². The van der Waals surface area contributed by atoms with Crippen LogP contribution in [-0.4, -0.2) is 13.6 Å². The molecule has 15 heavy (non-hydrogen) atoms. The standard InChI is InChI=1S/C14H17N/c1-12-8-4-3-7-11-15(2)14-10-6-5-9-13(12)14/h3-10,12H,11H2,1-2H3/b7-3-,8-4-. The van der Waals surface area contributed by atoms with Crippen molar-refractivity contribution in [1.29, 1.82) is 0 Å². The Hall–Kier alpha value is -1.50. The van der Waals surface area contributed by atoms with Gasteiger partial charge in [-0.2, -0.15) is 0 Å². The minimum Gasteiger partial charge on any atom is -0.371 e. The van der Waals surface area contributed by atoms with Crippen molar-refractivity contribution in [3.63, 3.8) is 0 Å². The van der Waals surface area contributed by atoms with E-state index in [9.17, 15) is 0 Å². The second kappa shape index (κ2) is 4.35. The summed E-state index contributed by atoms with van der Waals surface area (Å²) in [7, 11) is 2.14. The fourth-order valence-electron chi connectivity index (χ4n) is 1.95. The molecule has 1 aromatic rings. The van der Waals surface area contributed by atoms with E-state index in [1.54, 1.807) is 0 Å². The zero-order valence-electron chi connectivity index (χ0n) is 9.35. The van der Waals surface area contributed by atoms with Crippen LogP contribution in [0.1, 0.15) is 18.4 Å². The van der Waals surface area contributed by atoms with E-state index in [4.69, 9.17) is 0 Å². The molecule has 0 saturated heterocycles. The van der Waals surface area contributed by atoms with Crippen LogP contribution in [0.2, 0.25) is 0 Å². The lowest BCUT2D eigenvalue weighted by Crippen LogP contribution is -2.18. The largest absolute Gasteiger partial charge is 0.371 e. The zero-order valence-corrected chi connectivity index (χ0v) is 9.35. The van der Waals surface area contributed by atoms with E-state index >= 15 is 0 Å². The quantitative estimate of drug-likeness (QED) is 0.619. The number of benzene rings is 1. The van der Waals surface area contributed by atoms with Gasteiger partial charge < -0.3 is 4.90 Å². The number of fused-ring (bicyclic) bond motifs is 1. The van der Waals surface area contributed by atoms with Crippen molar-refractivity contribution in [3.8, 4) is 0 Å². The van der Waals surface area contributed by atoms with Crippen LogP contribution in [0, 0.1) is 0 Å². The molecule has 0 aliphatic carbocycles. The first kappa shape index (κ1) is 10.0. The molecule has 0 saturated carbocycles. The maximum atomic E-state index is 2.29. The monoisotopic (exact) mass is 199 g/mol. The molecule has 0 aromatic heterocycles. The molecule has 1 heteroatoms. The van der Waals surface area contributed by atoms with Crippen LogP contribution in [0.4, 0.5) is 5.69 Å². The average molecular weight is 199 g/mol. The van der Waals surface area contributed by atoms with E-state index in [0.29, 0.717) is 5.92 Å². The molecule has 78 valence electrons. The Bertz CT molecular complexity index is 390. The van der Waals surface area contributed by atoms with Gasteiger partial charge in [0.05, 0.1) is 0 Å². The van der Waals surface area contributed by atoms with Gasteiger partial charge in [-0.05, 0) is 11.6 Å². The van der Waals surface area contributed by atoms with Gasteiger partial charge in [0, 0.05) is 25.2 Å². The highest BCUT2D eigenvalue weighted by Crippen LogP contribution is 2.28. The molecule has 0 N–H and O–H groups in total. The van der Waals surface area contributed by atoms with Crippen molar-refractivity contribution in [2.24, 2.45) is 0 Å². The van der Waals surface area contributed by atoms with Gasteiger partial charge in [0.15, 0.2) is 0 Å². The first-order chi connectivity index (χ1) is 7.29. The van der Waals surface area contributed by atoms with Gasteiger partial charge in [0.25, 0.3) is 0 Å². The van der Waals surface area contributed by atoms with Crippen molar-refractivity contribution in [2.75, 3.05) is 18.5 Å². The third-order valence-corrected chi connectivity index (χ3v) is 2.86. The van der Waals surface area contributed by atoms with E-state index < -0.39 is 0 Å². The highest BCUT2D eigenvalue weighted by Gasteiger charge is 2.10. The number of likely N-dealkylation sites (N-methyl/N-ethyl adjacent to an activating group) is 1. The first-order valence-corrected chi connectivity index (χ1v) is 5.42. The lowest BCUT2D eigenvalue weighted by molar-refractivity contribution is 0.936. The molecule has 1 unspecified atom stereocenters. The van der Waals surface area contributed by atoms with Crippen LogP contribution < -0.4 is 4.90 Å². The molecule has 1 aliphatic heterocycles. The SMILES string of the molecule is CC1/C=C\C=C/CN(C)c2ccccc21. The molecule has 1 heterocycles. The number of hydrogen-bond donors (Lipinski definition) is 0. The molecule has 1 nitrogen and oxygen atoms in total. The summed E-state index contributed by atoms with van der Waals surface area (Å²) in [5.74, 6) is 0.478. The Labute approximate surface area is 91.7 Å². The summed E-state index contributed by atoms with van der Waals surface area (Å²) in [6, 6.07) is 8.63. The Balaban J connectivity index is 2.47. The number of rotatable bonds is 0. The maximum absolute atomic E-state index is 2.29. The van der Waals surface area contributed by atoms with Crippen molar-refractivity contribution in [2.45, 2.75) is 12.8 Å². The fourth-order valence-corrected chi connectivity index (χ4v) is 1.95. The fraction of sp³-hybridized carbons (Fsp3) is 0.286. The summed E-state index contributed by atoms with van der Waals surface area (Å²) in [4.78, 5) is 2.29. The first-order valence-electron chi connectivity index (χ1n) is 5.42. The number of para-hydroxylation sites is 1. The molecule has 0 bridgehead atoms. The smallest absolute Gasteiger partial charge is 0.0404 e. The van der Waals surface area contributed by atoms with E-state index in [1.807, 2.05) is 0 Å². The van der Waals surface area contributed by atoms with Crippen LogP contribution >= 0.6 is 0 Å². The normalized spacial score (nSPS) is 24.7. The van der Waals surface area contributed by atoms with E-state index in [-0.39, 0.29) is 0 Å². The Morgan fingerprint density at radius 3 is 2.87 bits per heavy atom. The second-order valence-corrected chi connectivity index (χ2v) is 4.04. The molecule has 1 aliphatic rings. The van der Waals surface area contributed by atoms with Gasteiger partial charge in [-0.3, -0.25) is 0 Å². The van der Waals surface area contributed by atoms with Crippen molar-refractivity contribution in [1.82, 2.24) is 0 Å². The summed E-state index contributed by atoms with van der Waals surface area (Å²) >= 11 is 0. The molecule has 0 amide bonds. The van der Waals surface area contributed by atoms with Crippen LogP contribution in [0.5, 0.6) is 0 Å². The molecular formula is C14H17N. The van der Waals surface area contributed by atoms with E-state index in [0.717, 1.165) is 6.54 Å². The van der Waals surface area contributed by atoms with Crippen LogP contribution in [0.25, 0.3) is 0 Å². The predicted octanol–water partition coefficient (Wildman–Crippen LogP) is 3.35. The lowest BCUT2D eigenvalue weighted by Gasteiger charge is -2.22. The third-order valence-electron chi connectivity index (χ3n) is 2.86. The van der Waals surface area contributed by atoms with E-state index in [1.165, 1.54) is 11.3 Å². The summed E-state index contributed by atoms with van der Waals surface area (Å²) in [5, 5.41) is 0. The zero-order chi connectivity index (χ0) is 10.7. The number of nitrogens with zero attached hydrogens (tertiary/aromatic N) is 1. The molecule has 1 atom stereocenters. The highest BCUT2D eigenvalue weighted by atomic mass is 15.1. The molecule has 0 radical (unpaired) electrons. The van der Waals surface area contributed by atoms with Gasteiger partial charge in [-0.1, -0.05) is 49.4 Å². The summed E-state index contributed by atoms with van der Waals surface area (Å²) < 4.78 is 0. The third kappa shape index (κ3) is 2.12. The number of allylic oxidation sites excluding steroid dienone is 3. The Morgan fingerprint density at radius 1 is 1.20 bits per heavy atom. The summed E-state index contributed by atoms with van der Waals surface area (Å²) in [5.41, 5.74) is 2.74. The molecule has 0 fully saturated rings. The summed E-state index contributed by atoms with van der Waals surface area (Å²) in [6.07, 6.45) is 8.69. The highest BCUT2D eigenvalue weighted by molar-refractivity contribution is 5.56. The second-order valence-electron chi connectivity index (χ2n) is 4.04. The van der Waals surface area contributed by atoms with Crippen molar-refractivity contribution >= 4 is 5.69 Å². The van der Waals surface area contributed by atoms with Gasteiger partial charge in [0.1, 0.15) is 0 Å². The molecule has 2 rings (SSSR count). The Kier molecular flexibility index (Phi) is 2.91. The summed E-state index contributed by atoms with van der Waals surface area (Å²) in [6.45, 7) is 3.20. The van der Waals surface area contributed by atoms with Gasteiger partial charge in [-0.15, -0.1) is 0 Å². The molecule has 1 aromatic carbocycles. The van der Waals surface area contributed by atoms with Crippen LogP contribution in [-0.2, 0) is 0 Å². The van der Waals surface area contributed by atoms with Crippen molar-refractivity contribution in [3.05, 3.63) is 54.1 Å². The van der Waals surface area contributed by atoms with E-state index in [2.05, 4.69) is 67.4 Å². The number of hydrogen-bond acceptors (Lipinski definition) is 1. The van der Waals surface area contributed by atoms with Crippen LogP contribution in [0.3, 0.4) is 0 Å². The topological polar surface area (TPSA) is 3.24 Å². The molecule has 0 spiro atoms. The average Bonchev–Trinajstić information content (AvgIpc) is 2.33. The minimum absolute atomic E-state index is 0.478. The maximum Gasteiger partial charge on any atom is 0.0404 e. The minimum atomic E-state index is 0.478. The predicted molar refractivity (Wildman–Crippen MR) is 66.4 cm³/mol. The van der Waals surface area contributed by atoms with Gasteiger partial charge in [0.2, 0.25) is 0 Å².